The van der Waals surface area contributed by atoms with E-state index in [0.717, 1.165) is 35.2 Å². The summed E-state index contributed by atoms with van der Waals surface area (Å²) in [6.07, 6.45) is 2.96. The number of ether oxygens (including phenoxy) is 1. The van der Waals surface area contributed by atoms with E-state index in [-0.39, 0.29) is 29.4 Å². The topological polar surface area (TPSA) is 96.5 Å². The van der Waals surface area contributed by atoms with Gasteiger partial charge >= 0.3 is 6.09 Å². The summed E-state index contributed by atoms with van der Waals surface area (Å²) in [5, 5.41) is 6.31. The number of carbonyl (C=O) groups is 2. The molecule has 0 bridgehead atoms. The molecule has 0 spiro atoms. The molecule has 2 heterocycles. The predicted octanol–water partition coefficient (Wildman–Crippen LogP) is 6.71. The molecule has 2 N–H and O–H groups in total. The van der Waals surface area contributed by atoms with E-state index >= 15 is 0 Å². The molecule has 0 radical (unpaired) electrons. The highest BCUT2D eigenvalue weighted by atomic mass is 19.1. The lowest BCUT2D eigenvalue weighted by molar-refractivity contribution is -0.120. The predicted molar refractivity (Wildman–Crippen MR) is 167 cm³/mol. The van der Waals surface area contributed by atoms with Crippen LogP contribution in [-0.4, -0.2) is 45.6 Å². The lowest BCUT2D eigenvalue weighted by Crippen LogP contribution is -2.46. The van der Waals surface area contributed by atoms with Gasteiger partial charge in [-0.05, 0) is 78.3 Å². The molecular formula is C35H36FN5O3. The molecule has 1 aromatic heterocycles. The molecule has 226 valence electrons. The van der Waals surface area contributed by atoms with Gasteiger partial charge < -0.3 is 15.4 Å². The molecule has 2 aliphatic rings. The number of aromatic nitrogens is 2. The highest BCUT2D eigenvalue weighted by Crippen LogP contribution is 2.53. The van der Waals surface area contributed by atoms with Crippen LogP contribution in [0.2, 0.25) is 0 Å². The van der Waals surface area contributed by atoms with Crippen molar-refractivity contribution in [1.29, 1.82) is 0 Å². The van der Waals surface area contributed by atoms with Gasteiger partial charge in [0.15, 0.2) is 0 Å². The summed E-state index contributed by atoms with van der Waals surface area (Å²) in [7, 11) is 0. The number of benzene rings is 3. The van der Waals surface area contributed by atoms with Crippen molar-refractivity contribution in [2.75, 3.05) is 11.9 Å². The number of nitrogens with zero attached hydrogens (tertiary/aromatic N) is 3. The van der Waals surface area contributed by atoms with Crippen molar-refractivity contribution in [1.82, 2.24) is 20.2 Å². The Labute approximate surface area is 256 Å². The van der Waals surface area contributed by atoms with Crippen LogP contribution in [0.15, 0.2) is 85.2 Å². The van der Waals surface area contributed by atoms with E-state index in [0.29, 0.717) is 30.4 Å². The van der Waals surface area contributed by atoms with Crippen LogP contribution in [0.5, 0.6) is 0 Å². The number of cyclic esters (lactones) is 1. The van der Waals surface area contributed by atoms with Gasteiger partial charge in [0.25, 0.3) is 0 Å². The van der Waals surface area contributed by atoms with Crippen molar-refractivity contribution in [2.24, 2.45) is 0 Å². The standard InChI is InChI=1S/C35H36FN5O3/c1-22(2)26-5-4-6-27(18-26)35(15-16-35)41-20-32(44-34(41)43)31(39-23(3)42)17-24-7-13-29(14-8-24)40-33-19-30(37-21-38-33)25-9-11-28(36)12-10-25/h4-14,18-19,21-22,31-32H,15-17,20H2,1-3H3,(H,39,42)(H,37,38,40)/t31-,32?/m0/s1. The van der Waals surface area contributed by atoms with Crippen molar-refractivity contribution < 1.29 is 18.7 Å². The largest absolute Gasteiger partial charge is 0.442 e. The highest BCUT2D eigenvalue weighted by Gasteiger charge is 2.56. The maximum Gasteiger partial charge on any atom is 0.411 e. The number of hydrogen-bond donors (Lipinski definition) is 2. The molecule has 2 fully saturated rings. The fraction of sp³-hybridized carbons (Fsp3) is 0.314. The van der Waals surface area contributed by atoms with E-state index in [1.165, 1.54) is 30.9 Å². The van der Waals surface area contributed by atoms with E-state index in [1.54, 1.807) is 18.2 Å². The van der Waals surface area contributed by atoms with Crippen LogP contribution in [0.4, 0.5) is 20.7 Å². The first-order valence-corrected chi connectivity index (χ1v) is 15.0. The number of hydrogen-bond acceptors (Lipinski definition) is 6. The van der Waals surface area contributed by atoms with Gasteiger partial charge in [-0.15, -0.1) is 0 Å². The maximum atomic E-state index is 13.3. The summed E-state index contributed by atoms with van der Waals surface area (Å²) in [5.41, 5.74) is 5.34. The summed E-state index contributed by atoms with van der Waals surface area (Å²) in [5.74, 6) is 0.530. The Morgan fingerprint density at radius 3 is 2.48 bits per heavy atom. The van der Waals surface area contributed by atoms with E-state index in [1.807, 2.05) is 29.2 Å². The van der Waals surface area contributed by atoms with Crippen LogP contribution in [0.3, 0.4) is 0 Å². The Morgan fingerprint density at radius 1 is 1.05 bits per heavy atom. The number of carbonyl (C=O) groups excluding carboxylic acids is 2. The van der Waals surface area contributed by atoms with E-state index in [4.69, 9.17) is 4.74 Å². The number of halogens is 1. The monoisotopic (exact) mass is 593 g/mol. The van der Waals surface area contributed by atoms with Gasteiger partial charge in [-0.1, -0.05) is 50.2 Å². The minimum atomic E-state index is -0.471. The Balaban J connectivity index is 1.14. The summed E-state index contributed by atoms with van der Waals surface area (Å²) in [6, 6.07) is 23.9. The van der Waals surface area contributed by atoms with Crippen molar-refractivity contribution in [3.8, 4) is 11.3 Å². The quantitative estimate of drug-likeness (QED) is 0.212. The van der Waals surface area contributed by atoms with Gasteiger partial charge in [0, 0.05) is 24.2 Å². The van der Waals surface area contributed by atoms with Crippen LogP contribution < -0.4 is 10.6 Å². The smallest absolute Gasteiger partial charge is 0.411 e. The number of nitrogens with one attached hydrogen (secondary N) is 2. The summed E-state index contributed by atoms with van der Waals surface area (Å²) < 4.78 is 19.2. The molecular weight excluding hydrogens is 557 g/mol. The minimum absolute atomic E-state index is 0.172. The Morgan fingerprint density at radius 2 is 1.80 bits per heavy atom. The molecule has 1 aliphatic carbocycles. The third-order valence-electron chi connectivity index (χ3n) is 8.49. The normalized spacial score (nSPS) is 17.7. The van der Waals surface area contributed by atoms with Crippen molar-refractivity contribution in [2.45, 2.75) is 63.6 Å². The second kappa shape index (κ2) is 12.1. The van der Waals surface area contributed by atoms with Crippen LogP contribution in [0.1, 0.15) is 56.2 Å². The number of anilines is 2. The van der Waals surface area contributed by atoms with Gasteiger partial charge in [0.2, 0.25) is 5.91 Å². The zero-order chi connectivity index (χ0) is 30.8. The lowest BCUT2D eigenvalue weighted by atomic mass is 9.95. The maximum absolute atomic E-state index is 13.3. The van der Waals surface area contributed by atoms with E-state index < -0.39 is 6.10 Å². The highest BCUT2D eigenvalue weighted by molar-refractivity contribution is 5.75. The van der Waals surface area contributed by atoms with Crippen LogP contribution in [0.25, 0.3) is 11.3 Å². The fourth-order valence-electron chi connectivity index (χ4n) is 5.93. The molecule has 3 aromatic carbocycles. The molecule has 44 heavy (non-hydrogen) atoms. The van der Waals surface area contributed by atoms with Gasteiger partial charge in [0.1, 0.15) is 24.1 Å². The van der Waals surface area contributed by atoms with E-state index in [9.17, 15) is 14.0 Å². The Hall–Kier alpha value is -4.79. The van der Waals surface area contributed by atoms with Gasteiger partial charge in [-0.3, -0.25) is 9.69 Å². The molecule has 2 atom stereocenters. The molecule has 1 saturated carbocycles. The van der Waals surface area contributed by atoms with Gasteiger partial charge in [-0.2, -0.15) is 0 Å². The molecule has 1 unspecified atom stereocenters. The van der Waals surface area contributed by atoms with Crippen LogP contribution in [-0.2, 0) is 21.5 Å². The molecule has 1 saturated heterocycles. The first-order chi connectivity index (χ1) is 21.2. The lowest BCUT2D eigenvalue weighted by Gasteiger charge is -2.28. The fourth-order valence-corrected chi connectivity index (χ4v) is 5.93. The van der Waals surface area contributed by atoms with Gasteiger partial charge in [-0.25, -0.2) is 19.2 Å². The average Bonchev–Trinajstić information content (AvgIpc) is 3.73. The molecule has 6 rings (SSSR count). The van der Waals surface area contributed by atoms with E-state index in [2.05, 4.69) is 58.7 Å². The molecule has 9 heteroatoms. The molecule has 8 nitrogen and oxygen atoms in total. The second-order valence-corrected chi connectivity index (χ2v) is 12.0. The molecule has 1 aliphatic heterocycles. The van der Waals surface area contributed by atoms with Crippen LogP contribution >= 0.6 is 0 Å². The van der Waals surface area contributed by atoms with Crippen LogP contribution in [0, 0.1) is 5.82 Å². The zero-order valence-electron chi connectivity index (χ0n) is 25.1. The SMILES string of the molecule is CC(=O)N[C@@H](Cc1ccc(Nc2cc(-c3ccc(F)cc3)ncn2)cc1)C1CN(C2(c3cccc(C(C)C)c3)CC2)C(=O)O1. The number of rotatable bonds is 10. The first-order valence-electron chi connectivity index (χ1n) is 15.0. The average molecular weight is 594 g/mol. The zero-order valence-corrected chi connectivity index (χ0v) is 25.1. The number of amides is 2. The minimum Gasteiger partial charge on any atom is -0.442 e. The Bertz CT molecular complexity index is 1650. The van der Waals surface area contributed by atoms with Crippen molar-refractivity contribution in [3.63, 3.8) is 0 Å². The third kappa shape index (κ3) is 6.27. The third-order valence-corrected chi connectivity index (χ3v) is 8.49. The van der Waals surface area contributed by atoms with Crippen molar-refractivity contribution >= 4 is 23.5 Å². The molecule has 4 aromatic rings. The molecule has 2 amide bonds. The second-order valence-electron chi connectivity index (χ2n) is 12.0. The van der Waals surface area contributed by atoms with Gasteiger partial charge in [0.05, 0.1) is 23.8 Å². The summed E-state index contributed by atoms with van der Waals surface area (Å²) in [4.78, 5) is 35.9. The summed E-state index contributed by atoms with van der Waals surface area (Å²) in [6.45, 7) is 6.23. The first kappa shape index (κ1) is 29.3. The summed E-state index contributed by atoms with van der Waals surface area (Å²) >= 11 is 0. The Kier molecular flexibility index (Phi) is 8.03. The van der Waals surface area contributed by atoms with Crippen molar-refractivity contribution in [3.05, 3.63) is 108 Å².